The number of carboxylic acids is 1. The molecule has 0 aliphatic rings. The van der Waals surface area contributed by atoms with Crippen LogP contribution in [-0.2, 0) is 5.41 Å². The molecule has 2 N–H and O–H groups in total. The van der Waals surface area contributed by atoms with Gasteiger partial charge in [-0.1, -0.05) is 32.9 Å². The van der Waals surface area contributed by atoms with E-state index in [1.807, 2.05) is 51.1 Å². The Morgan fingerprint density at radius 3 is 2.54 bits per heavy atom. The number of ether oxygens (including phenoxy) is 1. The quantitative estimate of drug-likeness (QED) is 0.664. The predicted octanol–water partition coefficient (Wildman–Crippen LogP) is 4.76. The summed E-state index contributed by atoms with van der Waals surface area (Å²) in [5, 5.41) is 17.1. The van der Waals surface area contributed by atoms with Gasteiger partial charge in [-0.05, 0) is 30.3 Å². The summed E-state index contributed by atoms with van der Waals surface area (Å²) in [5.74, 6) is -0.580. The van der Waals surface area contributed by atoms with Crippen molar-refractivity contribution in [3.05, 3.63) is 65.6 Å². The van der Waals surface area contributed by atoms with Gasteiger partial charge >= 0.3 is 5.97 Å². The van der Waals surface area contributed by atoms with Gasteiger partial charge in [-0.2, -0.15) is 5.10 Å². The maximum absolute atomic E-state index is 13.8. The minimum Gasteiger partial charge on any atom is -0.494 e. The van der Waals surface area contributed by atoms with E-state index in [0.29, 0.717) is 17.3 Å². The van der Waals surface area contributed by atoms with Gasteiger partial charge in [0, 0.05) is 11.5 Å². The van der Waals surface area contributed by atoms with Gasteiger partial charge in [0.2, 0.25) is 0 Å². The molecule has 0 saturated carbocycles. The van der Waals surface area contributed by atoms with Gasteiger partial charge in [-0.3, -0.25) is 0 Å². The second kappa shape index (κ2) is 7.34. The van der Waals surface area contributed by atoms with Crippen LogP contribution >= 0.6 is 0 Å². The number of nitrogens with zero attached hydrogens (tertiary/aromatic N) is 2. The molecule has 0 saturated heterocycles. The first-order valence-electron chi connectivity index (χ1n) is 8.74. The molecule has 0 atom stereocenters. The third-order valence-electron chi connectivity index (χ3n) is 4.27. The fraction of sp³-hybridized carbons (Fsp3) is 0.238. The van der Waals surface area contributed by atoms with Gasteiger partial charge in [0.1, 0.15) is 23.1 Å². The number of nitrogens with one attached hydrogen (secondary N) is 1. The molecule has 146 valence electrons. The number of rotatable bonds is 5. The Balaban J connectivity index is 2.17. The van der Waals surface area contributed by atoms with Gasteiger partial charge in [-0.15, -0.1) is 0 Å². The Kier molecular flexibility index (Phi) is 5.09. The average Bonchev–Trinajstić information content (AvgIpc) is 3.05. The number of para-hydroxylation sites is 2. The Hall–Kier alpha value is -3.35. The van der Waals surface area contributed by atoms with Crippen molar-refractivity contribution in [2.75, 3.05) is 12.4 Å². The molecule has 3 aromatic rings. The normalized spacial score (nSPS) is 11.3. The van der Waals surface area contributed by atoms with E-state index < -0.39 is 11.8 Å². The number of benzene rings is 2. The van der Waals surface area contributed by atoms with Crippen molar-refractivity contribution in [3.8, 4) is 11.4 Å². The summed E-state index contributed by atoms with van der Waals surface area (Å²) in [5.41, 5.74) is 1.32. The molecule has 0 unspecified atom stereocenters. The van der Waals surface area contributed by atoms with Crippen molar-refractivity contribution in [2.45, 2.75) is 26.2 Å². The van der Waals surface area contributed by atoms with Crippen LogP contribution in [0.1, 0.15) is 36.8 Å². The highest BCUT2D eigenvalue weighted by Gasteiger charge is 2.23. The standard InChI is InChI=1S/C21H22FN3O3/c1-21(2,3)18-12-19(23-15-11-13(22)9-10-14(15)20(26)27)25(24-18)16-7-5-6-8-17(16)28-4/h5-12,23H,1-4H3,(H,26,27). The molecular formula is C21H22FN3O3. The second-order valence-corrected chi connectivity index (χ2v) is 7.37. The minimum atomic E-state index is -1.15. The highest BCUT2D eigenvalue weighted by Crippen LogP contribution is 2.32. The number of halogens is 1. The summed E-state index contributed by atoms with van der Waals surface area (Å²) >= 11 is 0. The van der Waals surface area contributed by atoms with Crippen molar-refractivity contribution in [1.29, 1.82) is 0 Å². The molecule has 3 rings (SSSR count). The summed E-state index contributed by atoms with van der Waals surface area (Å²) in [6.45, 7) is 6.07. The predicted molar refractivity (Wildman–Crippen MR) is 105 cm³/mol. The van der Waals surface area contributed by atoms with Gasteiger partial charge in [0.05, 0.1) is 24.1 Å². The van der Waals surface area contributed by atoms with Crippen molar-refractivity contribution in [3.63, 3.8) is 0 Å². The van der Waals surface area contributed by atoms with Crippen LogP contribution in [-0.4, -0.2) is 28.0 Å². The van der Waals surface area contributed by atoms with E-state index in [1.54, 1.807) is 11.8 Å². The van der Waals surface area contributed by atoms with Crippen molar-refractivity contribution in [2.24, 2.45) is 0 Å². The van der Waals surface area contributed by atoms with E-state index in [2.05, 4.69) is 10.4 Å². The number of carbonyl (C=O) groups is 1. The molecule has 0 aliphatic heterocycles. The van der Waals surface area contributed by atoms with Crippen LogP contribution < -0.4 is 10.1 Å². The third-order valence-corrected chi connectivity index (χ3v) is 4.27. The molecule has 6 nitrogen and oxygen atoms in total. The molecule has 0 aliphatic carbocycles. The number of hydrogen-bond acceptors (Lipinski definition) is 4. The van der Waals surface area contributed by atoms with E-state index in [9.17, 15) is 14.3 Å². The fourth-order valence-electron chi connectivity index (χ4n) is 2.77. The van der Waals surface area contributed by atoms with Crippen LogP contribution in [0, 0.1) is 5.82 Å². The van der Waals surface area contributed by atoms with Crippen molar-refractivity contribution >= 4 is 17.5 Å². The van der Waals surface area contributed by atoms with Crippen LogP contribution in [0.25, 0.3) is 5.69 Å². The molecule has 0 amide bonds. The summed E-state index contributed by atoms with van der Waals surface area (Å²) < 4.78 is 20.8. The lowest BCUT2D eigenvalue weighted by molar-refractivity contribution is 0.0698. The summed E-state index contributed by atoms with van der Waals surface area (Å²) in [7, 11) is 1.56. The fourth-order valence-corrected chi connectivity index (χ4v) is 2.77. The highest BCUT2D eigenvalue weighted by atomic mass is 19.1. The lowest BCUT2D eigenvalue weighted by Crippen LogP contribution is -2.13. The zero-order valence-electron chi connectivity index (χ0n) is 16.2. The monoisotopic (exact) mass is 383 g/mol. The lowest BCUT2D eigenvalue weighted by Gasteiger charge is -2.15. The summed E-state index contributed by atoms with van der Waals surface area (Å²) in [4.78, 5) is 11.5. The number of carboxylic acid groups (broad SMARTS) is 1. The smallest absolute Gasteiger partial charge is 0.337 e. The van der Waals surface area contributed by atoms with Gasteiger partial charge in [-0.25, -0.2) is 13.9 Å². The average molecular weight is 383 g/mol. The zero-order chi connectivity index (χ0) is 20.5. The van der Waals surface area contributed by atoms with Crippen molar-refractivity contribution in [1.82, 2.24) is 9.78 Å². The number of aromatic carboxylic acids is 1. The Morgan fingerprint density at radius 1 is 1.18 bits per heavy atom. The maximum atomic E-state index is 13.8. The SMILES string of the molecule is COc1ccccc1-n1nc(C(C)(C)C)cc1Nc1cc(F)ccc1C(=O)O. The van der Waals surface area contributed by atoms with Crippen LogP contribution in [0.5, 0.6) is 5.75 Å². The molecule has 0 fully saturated rings. The summed E-state index contributed by atoms with van der Waals surface area (Å²) in [6, 6.07) is 12.7. The first kappa shape index (κ1) is 19.4. The van der Waals surface area contributed by atoms with Crippen LogP contribution in [0.15, 0.2) is 48.5 Å². The second-order valence-electron chi connectivity index (χ2n) is 7.37. The van der Waals surface area contributed by atoms with Crippen LogP contribution in [0.2, 0.25) is 0 Å². The molecule has 2 aromatic carbocycles. The number of hydrogen-bond donors (Lipinski definition) is 2. The lowest BCUT2D eigenvalue weighted by atomic mass is 9.92. The maximum Gasteiger partial charge on any atom is 0.337 e. The van der Waals surface area contributed by atoms with E-state index in [-0.39, 0.29) is 16.7 Å². The zero-order valence-corrected chi connectivity index (χ0v) is 16.2. The Bertz CT molecular complexity index is 1020. The molecule has 0 radical (unpaired) electrons. The Morgan fingerprint density at radius 2 is 1.89 bits per heavy atom. The highest BCUT2D eigenvalue weighted by molar-refractivity contribution is 5.95. The first-order chi connectivity index (χ1) is 13.2. The minimum absolute atomic E-state index is 0.0357. The molecule has 1 aromatic heterocycles. The third kappa shape index (κ3) is 3.83. The Labute approximate surface area is 162 Å². The topological polar surface area (TPSA) is 76.4 Å². The number of methoxy groups -OCH3 is 1. The van der Waals surface area contributed by atoms with E-state index in [0.717, 1.165) is 17.8 Å². The van der Waals surface area contributed by atoms with E-state index >= 15 is 0 Å². The molecule has 1 heterocycles. The van der Waals surface area contributed by atoms with Crippen LogP contribution in [0.4, 0.5) is 15.9 Å². The van der Waals surface area contributed by atoms with Gasteiger partial charge < -0.3 is 15.2 Å². The van der Waals surface area contributed by atoms with Crippen LogP contribution in [0.3, 0.4) is 0 Å². The summed E-state index contributed by atoms with van der Waals surface area (Å²) in [6.07, 6.45) is 0. The molecular weight excluding hydrogens is 361 g/mol. The van der Waals surface area contributed by atoms with Gasteiger partial charge in [0.15, 0.2) is 0 Å². The molecule has 28 heavy (non-hydrogen) atoms. The number of aromatic nitrogens is 2. The first-order valence-corrected chi connectivity index (χ1v) is 8.74. The van der Waals surface area contributed by atoms with E-state index in [1.165, 1.54) is 6.07 Å². The van der Waals surface area contributed by atoms with Crippen molar-refractivity contribution < 1.29 is 19.0 Å². The van der Waals surface area contributed by atoms with Gasteiger partial charge in [0.25, 0.3) is 0 Å². The molecule has 0 spiro atoms. The molecule has 0 bridgehead atoms. The van der Waals surface area contributed by atoms with E-state index in [4.69, 9.17) is 4.74 Å². The number of anilines is 2. The largest absolute Gasteiger partial charge is 0.494 e. The molecule has 7 heteroatoms.